The maximum atomic E-state index is 13.8. The van der Waals surface area contributed by atoms with Gasteiger partial charge in [-0.1, -0.05) is 62.9 Å². The predicted molar refractivity (Wildman–Crippen MR) is 139 cm³/mol. The molecule has 1 unspecified atom stereocenters. The quantitative estimate of drug-likeness (QED) is 0.228. The number of fused-ring (bicyclic) bond motifs is 1. The van der Waals surface area contributed by atoms with Gasteiger partial charge in [0.25, 0.3) is 11.5 Å². The molecule has 2 aromatic heterocycles. The topological polar surface area (TPSA) is 68.3 Å². The van der Waals surface area contributed by atoms with Gasteiger partial charge in [-0.15, -0.1) is 0 Å². The third kappa shape index (κ3) is 5.33. The fourth-order valence-electron chi connectivity index (χ4n) is 4.43. The summed E-state index contributed by atoms with van der Waals surface area (Å²) in [5.41, 5.74) is 1.02. The molecule has 35 heavy (non-hydrogen) atoms. The number of unbranched alkanes of at least 4 members (excludes halogenated alkanes) is 3. The molecule has 6 nitrogen and oxygen atoms in total. The van der Waals surface area contributed by atoms with Gasteiger partial charge in [0.2, 0.25) is 0 Å². The first kappa shape index (κ1) is 24.7. The molecule has 1 amide bonds. The standard InChI is InChI=1S/C28H30ClN3O3/c1-3-5-6-9-17-31(28(34)25-16-11-18-35-25)24(4-2)26-30-23-15-8-7-14-22(23)27(33)32(26)21-13-10-12-20(29)19-21/h7-8,10-16,18-19,24H,3-6,9,17H2,1-2H3. The van der Waals surface area contributed by atoms with Crippen LogP contribution in [0.3, 0.4) is 0 Å². The Bertz CT molecular complexity index is 1350. The number of hydrogen-bond donors (Lipinski definition) is 0. The summed E-state index contributed by atoms with van der Waals surface area (Å²) in [6.45, 7) is 4.70. The number of furan rings is 1. The lowest BCUT2D eigenvalue weighted by Crippen LogP contribution is -2.39. The molecule has 4 rings (SSSR count). The van der Waals surface area contributed by atoms with Crippen molar-refractivity contribution < 1.29 is 9.21 Å². The molecule has 7 heteroatoms. The molecule has 0 aliphatic rings. The van der Waals surface area contributed by atoms with Gasteiger partial charge in [0.05, 0.1) is 28.9 Å². The molecule has 0 saturated heterocycles. The molecule has 0 radical (unpaired) electrons. The van der Waals surface area contributed by atoms with Crippen LogP contribution in [0.25, 0.3) is 16.6 Å². The summed E-state index contributed by atoms with van der Waals surface area (Å²) in [5.74, 6) is 0.573. The van der Waals surface area contributed by atoms with E-state index in [1.54, 1.807) is 45.9 Å². The van der Waals surface area contributed by atoms with Crippen LogP contribution in [0.1, 0.15) is 68.4 Å². The smallest absolute Gasteiger partial charge is 0.290 e. The zero-order valence-electron chi connectivity index (χ0n) is 20.1. The normalized spacial score (nSPS) is 12.1. The second-order valence-electron chi connectivity index (χ2n) is 8.57. The number of carbonyl (C=O) groups is 1. The lowest BCUT2D eigenvalue weighted by atomic mass is 10.1. The first-order valence-corrected chi connectivity index (χ1v) is 12.5. The lowest BCUT2D eigenvalue weighted by Gasteiger charge is -2.32. The van der Waals surface area contributed by atoms with Gasteiger partial charge in [-0.05, 0) is 55.3 Å². The van der Waals surface area contributed by atoms with Gasteiger partial charge < -0.3 is 9.32 Å². The largest absolute Gasteiger partial charge is 0.459 e. The monoisotopic (exact) mass is 491 g/mol. The summed E-state index contributed by atoms with van der Waals surface area (Å²) in [4.78, 5) is 34.1. The molecular weight excluding hydrogens is 462 g/mol. The molecule has 0 aliphatic carbocycles. The molecule has 4 aromatic rings. The van der Waals surface area contributed by atoms with Crippen molar-refractivity contribution in [3.8, 4) is 5.69 Å². The molecule has 2 aromatic carbocycles. The van der Waals surface area contributed by atoms with Crippen molar-refractivity contribution in [2.24, 2.45) is 0 Å². The van der Waals surface area contributed by atoms with Crippen molar-refractivity contribution in [1.29, 1.82) is 0 Å². The first-order valence-electron chi connectivity index (χ1n) is 12.2. The Morgan fingerprint density at radius 2 is 1.89 bits per heavy atom. The Kier molecular flexibility index (Phi) is 8.03. The van der Waals surface area contributed by atoms with Crippen molar-refractivity contribution in [2.45, 2.75) is 52.0 Å². The van der Waals surface area contributed by atoms with Gasteiger partial charge in [0, 0.05) is 11.6 Å². The molecule has 0 spiro atoms. The summed E-state index contributed by atoms with van der Waals surface area (Å²) < 4.78 is 7.06. The number of halogens is 1. The SMILES string of the molecule is CCCCCCN(C(=O)c1ccco1)C(CC)c1nc2ccccc2c(=O)n1-c1cccc(Cl)c1. The Morgan fingerprint density at radius 3 is 2.60 bits per heavy atom. The van der Waals surface area contributed by atoms with Gasteiger partial charge in [0.15, 0.2) is 5.76 Å². The van der Waals surface area contributed by atoms with Gasteiger partial charge >= 0.3 is 0 Å². The van der Waals surface area contributed by atoms with E-state index in [0.29, 0.717) is 40.4 Å². The Balaban J connectivity index is 1.89. The molecular formula is C28H30ClN3O3. The van der Waals surface area contributed by atoms with Crippen molar-refractivity contribution in [3.05, 3.63) is 93.9 Å². The van der Waals surface area contributed by atoms with Crippen LogP contribution in [0.2, 0.25) is 5.02 Å². The lowest BCUT2D eigenvalue weighted by molar-refractivity contribution is 0.0622. The average Bonchev–Trinajstić information content (AvgIpc) is 3.41. The molecule has 1 atom stereocenters. The number of carbonyl (C=O) groups excluding carboxylic acids is 1. The van der Waals surface area contributed by atoms with E-state index in [1.165, 1.54) is 6.26 Å². The number of para-hydroxylation sites is 1. The molecule has 0 N–H and O–H groups in total. The number of benzene rings is 2. The zero-order chi connectivity index (χ0) is 24.8. The molecule has 0 fully saturated rings. The highest BCUT2D eigenvalue weighted by Crippen LogP contribution is 2.28. The van der Waals surface area contributed by atoms with E-state index in [9.17, 15) is 9.59 Å². The average molecular weight is 492 g/mol. The van der Waals surface area contributed by atoms with E-state index >= 15 is 0 Å². The van der Waals surface area contributed by atoms with Crippen LogP contribution < -0.4 is 5.56 Å². The second-order valence-corrected chi connectivity index (χ2v) is 9.00. The predicted octanol–water partition coefficient (Wildman–Crippen LogP) is 6.81. The number of aromatic nitrogens is 2. The summed E-state index contributed by atoms with van der Waals surface area (Å²) in [5, 5.41) is 1.03. The maximum absolute atomic E-state index is 13.8. The number of nitrogens with zero attached hydrogens (tertiary/aromatic N) is 3. The third-order valence-electron chi connectivity index (χ3n) is 6.17. The summed E-state index contributed by atoms with van der Waals surface area (Å²) in [6.07, 6.45) is 6.14. The van der Waals surface area contributed by atoms with Crippen LogP contribution in [0.15, 0.2) is 76.1 Å². The molecule has 0 saturated carbocycles. The Hall–Kier alpha value is -3.38. The van der Waals surface area contributed by atoms with Crippen molar-refractivity contribution in [3.63, 3.8) is 0 Å². The van der Waals surface area contributed by atoms with E-state index in [4.69, 9.17) is 21.0 Å². The summed E-state index contributed by atoms with van der Waals surface area (Å²) >= 11 is 6.30. The minimum Gasteiger partial charge on any atom is -0.459 e. The van der Waals surface area contributed by atoms with Crippen LogP contribution in [-0.4, -0.2) is 26.9 Å². The molecule has 0 bridgehead atoms. The number of rotatable bonds is 10. The van der Waals surface area contributed by atoms with Gasteiger partial charge in [-0.3, -0.25) is 14.2 Å². The highest BCUT2D eigenvalue weighted by Gasteiger charge is 2.30. The van der Waals surface area contributed by atoms with Crippen molar-refractivity contribution in [2.75, 3.05) is 6.54 Å². The minimum absolute atomic E-state index is 0.192. The maximum Gasteiger partial charge on any atom is 0.290 e. The Labute approximate surface area is 210 Å². The van der Waals surface area contributed by atoms with Crippen LogP contribution in [-0.2, 0) is 0 Å². The van der Waals surface area contributed by atoms with E-state index in [-0.39, 0.29) is 17.2 Å². The third-order valence-corrected chi connectivity index (χ3v) is 6.41. The van der Waals surface area contributed by atoms with Gasteiger partial charge in [-0.2, -0.15) is 0 Å². The van der Waals surface area contributed by atoms with E-state index in [0.717, 1.165) is 25.7 Å². The number of amides is 1. The summed E-state index contributed by atoms with van der Waals surface area (Å²) in [7, 11) is 0. The van der Waals surface area contributed by atoms with E-state index < -0.39 is 6.04 Å². The summed E-state index contributed by atoms with van der Waals surface area (Å²) in [6, 6.07) is 17.4. The van der Waals surface area contributed by atoms with E-state index in [2.05, 4.69) is 6.92 Å². The fourth-order valence-corrected chi connectivity index (χ4v) is 4.61. The Morgan fingerprint density at radius 1 is 1.06 bits per heavy atom. The number of hydrogen-bond acceptors (Lipinski definition) is 4. The van der Waals surface area contributed by atoms with Crippen LogP contribution in [0.4, 0.5) is 0 Å². The van der Waals surface area contributed by atoms with Crippen LogP contribution in [0.5, 0.6) is 0 Å². The molecule has 2 heterocycles. The first-order chi connectivity index (χ1) is 17.0. The fraction of sp³-hybridized carbons (Fsp3) is 0.321. The van der Waals surface area contributed by atoms with Crippen LogP contribution >= 0.6 is 11.6 Å². The molecule has 0 aliphatic heterocycles. The highest BCUT2D eigenvalue weighted by molar-refractivity contribution is 6.30. The molecule has 182 valence electrons. The van der Waals surface area contributed by atoms with Crippen molar-refractivity contribution in [1.82, 2.24) is 14.5 Å². The minimum atomic E-state index is -0.439. The van der Waals surface area contributed by atoms with Gasteiger partial charge in [-0.25, -0.2) is 4.98 Å². The highest BCUT2D eigenvalue weighted by atomic mass is 35.5. The second kappa shape index (κ2) is 11.4. The van der Waals surface area contributed by atoms with Gasteiger partial charge in [0.1, 0.15) is 5.82 Å². The van der Waals surface area contributed by atoms with E-state index in [1.807, 2.05) is 31.2 Å². The zero-order valence-corrected chi connectivity index (χ0v) is 20.9. The van der Waals surface area contributed by atoms with Crippen molar-refractivity contribution >= 4 is 28.4 Å². The van der Waals surface area contributed by atoms with Crippen LogP contribution in [0, 0.1) is 0 Å².